The number of aliphatic carboxylic acids is 1. The van der Waals surface area contributed by atoms with E-state index in [4.69, 9.17) is 32.7 Å². The number of likely N-dealkylation sites (tertiary alicyclic amines) is 4. The summed E-state index contributed by atoms with van der Waals surface area (Å²) in [5.41, 5.74) is 1.88. The Labute approximate surface area is 355 Å². The van der Waals surface area contributed by atoms with Crippen LogP contribution in [0.4, 0.5) is 0 Å². The van der Waals surface area contributed by atoms with Gasteiger partial charge in [-0.2, -0.15) is 0 Å². The second-order valence-electron chi connectivity index (χ2n) is 16.4. The van der Waals surface area contributed by atoms with Crippen molar-refractivity contribution in [1.29, 1.82) is 0 Å². The summed E-state index contributed by atoms with van der Waals surface area (Å²) in [6.07, 6.45) is 8.08. The minimum absolute atomic E-state index is 0.107. The summed E-state index contributed by atoms with van der Waals surface area (Å²) in [5, 5.41) is 20.7. The highest BCUT2D eigenvalue weighted by Gasteiger charge is 2.34. The van der Waals surface area contributed by atoms with E-state index in [2.05, 4.69) is 19.6 Å². The molecule has 4 saturated heterocycles. The van der Waals surface area contributed by atoms with E-state index in [1.807, 2.05) is 67.6 Å². The number of nitrogens with zero attached hydrogens (tertiary/aromatic N) is 4. The van der Waals surface area contributed by atoms with Crippen LogP contribution in [-0.4, -0.2) is 126 Å². The molecule has 316 valence electrons. The second kappa shape index (κ2) is 22.4. The summed E-state index contributed by atoms with van der Waals surface area (Å²) in [7, 11) is 0. The van der Waals surface area contributed by atoms with E-state index in [-0.39, 0.29) is 24.2 Å². The van der Waals surface area contributed by atoms with E-state index >= 15 is 0 Å². The van der Waals surface area contributed by atoms with Crippen molar-refractivity contribution in [2.75, 3.05) is 72.1 Å². The zero-order valence-corrected chi connectivity index (χ0v) is 35.5. The number of rotatable bonds is 13. The number of carbonyl (C=O) groups is 2. The lowest BCUT2D eigenvalue weighted by Crippen LogP contribution is -2.45. The lowest BCUT2D eigenvalue weighted by Gasteiger charge is -2.39. The molecule has 2 atom stereocenters. The highest BCUT2D eigenvalue weighted by molar-refractivity contribution is 6.34. The van der Waals surface area contributed by atoms with Crippen molar-refractivity contribution in [2.45, 2.75) is 82.6 Å². The van der Waals surface area contributed by atoms with Gasteiger partial charge in [0.25, 0.3) is 0 Å². The van der Waals surface area contributed by atoms with E-state index < -0.39 is 12.0 Å². The van der Waals surface area contributed by atoms with Crippen LogP contribution in [0.3, 0.4) is 0 Å². The van der Waals surface area contributed by atoms with Crippen LogP contribution in [0.5, 0.6) is 5.75 Å². The Balaban J connectivity index is 0.000000200. The molecule has 0 amide bonds. The maximum Gasteiger partial charge on any atom is 0.327 e. The Morgan fingerprint density at radius 2 is 1.16 bits per heavy atom. The van der Waals surface area contributed by atoms with E-state index in [1.165, 1.54) is 0 Å². The Hall–Kier alpha value is -3.22. The normalized spacial score (nSPS) is 21.1. The molecule has 4 aliphatic heterocycles. The van der Waals surface area contributed by atoms with Crippen LogP contribution in [0.1, 0.15) is 81.5 Å². The van der Waals surface area contributed by atoms with Gasteiger partial charge in [-0.25, -0.2) is 4.79 Å². The van der Waals surface area contributed by atoms with Crippen molar-refractivity contribution in [3.63, 3.8) is 0 Å². The third kappa shape index (κ3) is 12.9. The first-order chi connectivity index (χ1) is 28.2. The fourth-order valence-corrected chi connectivity index (χ4v) is 9.40. The lowest BCUT2D eigenvalue weighted by molar-refractivity contribution is -0.150. The number of hydrogen-bond donors (Lipinski definition) is 2. The average molecular weight is 838 g/mol. The molecule has 2 unspecified atom stereocenters. The molecule has 7 rings (SSSR count). The first-order valence-electron chi connectivity index (χ1n) is 21.4. The zero-order chi connectivity index (χ0) is 40.9. The van der Waals surface area contributed by atoms with Crippen LogP contribution in [-0.2, 0) is 14.3 Å². The van der Waals surface area contributed by atoms with Gasteiger partial charge in [0.15, 0.2) is 0 Å². The van der Waals surface area contributed by atoms with Crippen molar-refractivity contribution in [3.8, 4) is 5.75 Å². The fourth-order valence-electron chi connectivity index (χ4n) is 9.07. The molecule has 4 fully saturated rings. The molecule has 12 heteroatoms. The molecule has 3 aromatic rings. The van der Waals surface area contributed by atoms with Gasteiger partial charge in [-0.15, -0.1) is 0 Å². The number of piperidine rings is 4. The van der Waals surface area contributed by atoms with Gasteiger partial charge in [0.1, 0.15) is 23.9 Å². The summed E-state index contributed by atoms with van der Waals surface area (Å²) in [6.45, 7) is 12.0. The minimum atomic E-state index is -0.767. The van der Waals surface area contributed by atoms with E-state index in [0.717, 1.165) is 128 Å². The van der Waals surface area contributed by atoms with Gasteiger partial charge < -0.3 is 29.5 Å². The first kappa shape index (κ1) is 44.3. The van der Waals surface area contributed by atoms with E-state index in [0.29, 0.717) is 34.2 Å². The Morgan fingerprint density at radius 3 is 1.66 bits per heavy atom. The largest absolute Gasteiger partial charge is 0.489 e. The monoisotopic (exact) mass is 836 g/mol. The maximum atomic E-state index is 12.6. The molecule has 0 aliphatic carbocycles. The number of benzene rings is 3. The standard InChI is InChI=1S/C25H30Cl2N2O3.C21H32N2O3/c26-20-6-7-22(27)23(16-20)32-21-10-12-28(13-11-21)17-18-8-14-29(15-9-18)24(25(30)31)19-4-2-1-3-5-19;1-2-26-21(25)20(18-6-4-3-5-7-18)23-14-8-17(9-15-23)16-22-12-10-19(24)11-13-22/h1-7,16,18,21,24H,8-15,17H2,(H,30,31);3-7,17,19-20,24H,2,8-16H2,1H3. The van der Waals surface area contributed by atoms with Crippen LogP contribution in [0.15, 0.2) is 78.9 Å². The van der Waals surface area contributed by atoms with Gasteiger partial charge in [-0.1, -0.05) is 83.9 Å². The van der Waals surface area contributed by atoms with E-state index in [1.54, 1.807) is 18.2 Å². The smallest absolute Gasteiger partial charge is 0.327 e. The molecular formula is C46H62Cl2N4O6. The summed E-state index contributed by atoms with van der Waals surface area (Å²) < 4.78 is 11.5. The second-order valence-corrected chi connectivity index (χ2v) is 17.2. The highest BCUT2D eigenvalue weighted by Crippen LogP contribution is 2.32. The van der Waals surface area contributed by atoms with Crippen LogP contribution in [0.2, 0.25) is 10.0 Å². The number of esters is 1. The predicted molar refractivity (Wildman–Crippen MR) is 229 cm³/mol. The molecule has 0 radical (unpaired) electrons. The fraction of sp³-hybridized carbons (Fsp3) is 0.565. The minimum Gasteiger partial charge on any atom is -0.489 e. The summed E-state index contributed by atoms with van der Waals surface area (Å²) in [4.78, 5) is 33.9. The molecule has 58 heavy (non-hydrogen) atoms. The molecule has 0 bridgehead atoms. The van der Waals surface area contributed by atoms with Gasteiger partial charge in [0, 0.05) is 50.4 Å². The van der Waals surface area contributed by atoms with Gasteiger partial charge in [0.05, 0.1) is 17.7 Å². The third-order valence-electron chi connectivity index (χ3n) is 12.3. The van der Waals surface area contributed by atoms with Crippen molar-refractivity contribution < 1.29 is 29.3 Å². The van der Waals surface area contributed by atoms with Crippen LogP contribution < -0.4 is 4.74 Å². The summed E-state index contributed by atoms with van der Waals surface area (Å²) in [6, 6.07) is 24.0. The molecule has 4 aliphatic rings. The van der Waals surface area contributed by atoms with Crippen molar-refractivity contribution in [2.24, 2.45) is 11.8 Å². The Bertz CT molecular complexity index is 1690. The van der Waals surface area contributed by atoms with Gasteiger partial charge >= 0.3 is 11.9 Å². The first-order valence-corrected chi connectivity index (χ1v) is 22.1. The number of ether oxygens (including phenoxy) is 2. The summed E-state index contributed by atoms with van der Waals surface area (Å²) in [5.74, 6) is 1.05. The number of carboxylic acids is 1. The van der Waals surface area contributed by atoms with Crippen LogP contribution in [0.25, 0.3) is 0 Å². The highest BCUT2D eigenvalue weighted by atomic mass is 35.5. The van der Waals surface area contributed by atoms with Gasteiger partial charge in [-0.05, 0) is 120 Å². The van der Waals surface area contributed by atoms with Crippen LogP contribution >= 0.6 is 23.2 Å². The van der Waals surface area contributed by atoms with Gasteiger partial charge in [0.2, 0.25) is 0 Å². The molecule has 0 saturated carbocycles. The topological polar surface area (TPSA) is 106 Å². The molecular weight excluding hydrogens is 775 g/mol. The van der Waals surface area contributed by atoms with E-state index in [9.17, 15) is 19.8 Å². The zero-order valence-electron chi connectivity index (χ0n) is 34.0. The third-order valence-corrected chi connectivity index (χ3v) is 12.9. The number of aliphatic hydroxyl groups is 1. The summed E-state index contributed by atoms with van der Waals surface area (Å²) >= 11 is 12.3. The number of aliphatic hydroxyl groups excluding tert-OH is 1. The molecule has 4 heterocycles. The van der Waals surface area contributed by atoms with Gasteiger partial charge in [-0.3, -0.25) is 14.6 Å². The predicted octanol–water partition coefficient (Wildman–Crippen LogP) is 7.83. The lowest BCUT2D eigenvalue weighted by atomic mass is 9.93. The number of carbonyl (C=O) groups excluding carboxylic acids is 1. The quantitative estimate of drug-likeness (QED) is 0.166. The molecule has 3 aromatic carbocycles. The Kier molecular flexibility index (Phi) is 17.1. The molecule has 10 nitrogen and oxygen atoms in total. The molecule has 0 aromatic heterocycles. The maximum absolute atomic E-state index is 12.6. The van der Waals surface area contributed by atoms with Crippen LogP contribution in [0, 0.1) is 11.8 Å². The molecule has 2 N–H and O–H groups in total. The van der Waals surface area contributed by atoms with Crippen molar-refractivity contribution >= 4 is 35.1 Å². The average Bonchev–Trinajstić information content (AvgIpc) is 3.23. The SMILES string of the molecule is CCOC(=O)C(c1ccccc1)N1CCC(CN2CCC(O)CC2)CC1.O=C(O)C(c1ccccc1)N1CCC(CN2CCC(Oc3cc(Cl)ccc3Cl)CC2)CC1. The number of halogens is 2. The van der Waals surface area contributed by atoms with Crippen molar-refractivity contribution in [3.05, 3.63) is 100 Å². The Morgan fingerprint density at radius 1 is 0.672 bits per heavy atom. The molecule has 0 spiro atoms. The number of hydrogen-bond acceptors (Lipinski definition) is 9. The number of carboxylic acid groups (broad SMARTS) is 1. The van der Waals surface area contributed by atoms with Crippen molar-refractivity contribution in [1.82, 2.24) is 19.6 Å².